The number of amides is 1. The van der Waals surface area contributed by atoms with Crippen molar-refractivity contribution in [1.29, 1.82) is 0 Å². The van der Waals surface area contributed by atoms with Gasteiger partial charge in [-0.05, 0) is 31.4 Å². The molecule has 0 radical (unpaired) electrons. The first-order chi connectivity index (χ1) is 11.0. The molecule has 1 aromatic rings. The fourth-order valence-electron chi connectivity index (χ4n) is 2.00. The van der Waals surface area contributed by atoms with Crippen molar-refractivity contribution in [3.63, 3.8) is 0 Å². The normalized spacial score (nSPS) is 14.2. The van der Waals surface area contributed by atoms with Crippen molar-refractivity contribution in [2.45, 2.75) is 44.2 Å². The molecule has 24 heavy (non-hydrogen) atoms. The highest BCUT2D eigenvalue weighted by molar-refractivity contribution is 7.89. The first-order valence-electron chi connectivity index (χ1n) is 7.34. The topological polar surface area (TPSA) is 113 Å². The van der Waals surface area contributed by atoms with Gasteiger partial charge in [0.2, 0.25) is 15.9 Å². The van der Waals surface area contributed by atoms with E-state index in [1.807, 2.05) is 4.72 Å². The van der Waals surface area contributed by atoms with Gasteiger partial charge in [0.25, 0.3) is 0 Å². The third-order valence-corrected chi connectivity index (χ3v) is 4.75. The van der Waals surface area contributed by atoms with Crippen LogP contribution in [0.25, 0.3) is 0 Å². The van der Waals surface area contributed by atoms with E-state index in [-0.39, 0.29) is 12.3 Å². The summed E-state index contributed by atoms with van der Waals surface area (Å²) >= 11 is 0. The van der Waals surface area contributed by atoms with Crippen molar-refractivity contribution >= 4 is 21.9 Å². The minimum atomic E-state index is -4.25. The van der Waals surface area contributed by atoms with Gasteiger partial charge in [-0.25, -0.2) is 17.6 Å². The first-order valence-corrected chi connectivity index (χ1v) is 8.83. The molecule has 0 saturated heterocycles. The van der Waals surface area contributed by atoms with E-state index in [1.165, 1.54) is 19.1 Å². The number of sulfonamides is 1. The molecule has 134 valence electrons. The van der Waals surface area contributed by atoms with Crippen LogP contribution in [0, 0.1) is 11.7 Å². The molecule has 0 heterocycles. The predicted molar refractivity (Wildman–Crippen MR) is 85.2 cm³/mol. The maximum Gasteiger partial charge on any atom is 0.326 e. The van der Waals surface area contributed by atoms with Gasteiger partial charge < -0.3 is 10.4 Å². The number of carbonyl (C=O) groups is 2. The molecule has 3 N–H and O–H groups in total. The molecule has 2 unspecified atom stereocenters. The Kier molecular flexibility index (Phi) is 6.85. The third kappa shape index (κ3) is 5.57. The van der Waals surface area contributed by atoms with Crippen LogP contribution in [0.15, 0.2) is 29.2 Å². The summed E-state index contributed by atoms with van der Waals surface area (Å²) in [6.45, 7) is 4.85. The van der Waals surface area contributed by atoms with Crippen molar-refractivity contribution in [2.75, 3.05) is 0 Å². The van der Waals surface area contributed by atoms with E-state index in [9.17, 15) is 22.4 Å². The summed E-state index contributed by atoms with van der Waals surface area (Å²) in [5.41, 5.74) is 0. The minimum Gasteiger partial charge on any atom is -0.480 e. The van der Waals surface area contributed by atoms with Crippen LogP contribution in [-0.4, -0.2) is 37.5 Å². The van der Waals surface area contributed by atoms with Crippen LogP contribution < -0.4 is 10.0 Å². The lowest BCUT2D eigenvalue weighted by atomic mass is 10.0. The average molecular weight is 360 g/mol. The predicted octanol–water partition coefficient (Wildman–Crippen LogP) is 1.11. The van der Waals surface area contributed by atoms with E-state index in [2.05, 4.69) is 5.32 Å². The lowest BCUT2D eigenvalue weighted by molar-refractivity contribution is -0.142. The van der Waals surface area contributed by atoms with E-state index in [0.29, 0.717) is 0 Å². The number of carbonyl (C=O) groups excluding carboxylic acids is 1. The van der Waals surface area contributed by atoms with E-state index < -0.39 is 44.7 Å². The Bertz CT molecular complexity index is 706. The van der Waals surface area contributed by atoms with Crippen LogP contribution >= 0.6 is 0 Å². The summed E-state index contributed by atoms with van der Waals surface area (Å²) in [5, 5.41) is 11.4. The molecule has 0 aliphatic rings. The van der Waals surface area contributed by atoms with Gasteiger partial charge in [0.1, 0.15) is 16.8 Å². The fraction of sp³-hybridized carbons (Fsp3) is 0.467. The van der Waals surface area contributed by atoms with Gasteiger partial charge in [0, 0.05) is 0 Å². The summed E-state index contributed by atoms with van der Waals surface area (Å²) in [6.07, 6.45) is 0.202. The number of aliphatic carboxylic acids is 1. The number of nitrogens with one attached hydrogen (secondary N) is 2. The SMILES string of the molecule is CC(C)CC(NC(=O)C(C)NS(=O)(=O)c1ccccc1F)C(=O)O. The smallest absolute Gasteiger partial charge is 0.326 e. The maximum atomic E-state index is 13.6. The Hall–Kier alpha value is -2.00. The summed E-state index contributed by atoms with van der Waals surface area (Å²) < 4.78 is 39.9. The molecule has 9 heteroatoms. The van der Waals surface area contributed by atoms with Gasteiger partial charge in [-0.1, -0.05) is 26.0 Å². The molecular weight excluding hydrogens is 339 g/mol. The Morgan fingerprint density at radius 2 is 1.79 bits per heavy atom. The number of carboxylic acid groups (broad SMARTS) is 1. The molecule has 0 spiro atoms. The standard InChI is InChI=1S/C15H21FN2O5S/c1-9(2)8-12(15(20)21)17-14(19)10(3)18-24(22,23)13-7-5-4-6-11(13)16/h4-7,9-10,12,18H,8H2,1-3H3,(H,17,19)(H,20,21). The second-order valence-electron chi connectivity index (χ2n) is 5.80. The molecule has 2 atom stereocenters. The molecule has 1 aromatic carbocycles. The van der Waals surface area contributed by atoms with E-state index in [4.69, 9.17) is 5.11 Å². The molecule has 1 amide bonds. The van der Waals surface area contributed by atoms with E-state index in [0.717, 1.165) is 12.1 Å². The summed E-state index contributed by atoms with van der Waals surface area (Å²) in [7, 11) is -4.25. The Morgan fingerprint density at radius 3 is 2.29 bits per heavy atom. The lowest BCUT2D eigenvalue weighted by Crippen LogP contribution is -2.50. The van der Waals surface area contributed by atoms with Crippen LogP contribution in [0.3, 0.4) is 0 Å². The van der Waals surface area contributed by atoms with Crippen molar-refractivity contribution in [3.05, 3.63) is 30.1 Å². The molecule has 0 aliphatic carbocycles. The largest absolute Gasteiger partial charge is 0.480 e. The van der Waals surface area contributed by atoms with Crippen LogP contribution in [-0.2, 0) is 19.6 Å². The monoisotopic (exact) mass is 360 g/mol. The quantitative estimate of drug-likeness (QED) is 0.643. The van der Waals surface area contributed by atoms with Gasteiger partial charge >= 0.3 is 5.97 Å². The highest BCUT2D eigenvalue weighted by Gasteiger charge is 2.28. The number of hydrogen-bond acceptors (Lipinski definition) is 4. The van der Waals surface area contributed by atoms with Crippen LogP contribution in [0.2, 0.25) is 0 Å². The minimum absolute atomic E-state index is 0.0248. The summed E-state index contributed by atoms with van der Waals surface area (Å²) in [5.74, 6) is -2.93. The molecule has 0 aromatic heterocycles. The van der Waals surface area contributed by atoms with Crippen molar-refractivity contribution in [3.8, 4) is 0 Å². The molecule has 0 saturated carbocycles. The van der Waals surface area contributed by atoms with E-state index >= 15 is 0 Å². The molecule has 0 aliphatic heterocycles. The highest BCUT2D eigenvalue weighted by atomic mass is 32.2. The fourth-order valence-corrected chi connectivity index (χ4v) is 3.28. The van der Waals surface area contributed by atoms with Gasteiger partial charge in [-0.2, -0.15) is 4.72 Å². The first kappa shape index (κ1) is 20.0. The highest BCUT2D eigenvalue weighted by Crippen LogP contribution is 2.13. The van der Waals surface area contributed by atoms with Gasteiger partial charge in [-0.3, -0.25) is 4.79 Å². The number of rotatable bonds is 8. The third-order valence-electron chi connectivity index (χ3n) is 3.17. The second kappa shape index (κ2) is 8.20. The van der Waals surface area contributed by atoms with Crippen LogP contribution in [0.4, 0.5) is 4.39 Å². The molecule has 0 fully saturated rings. The summed E-state index contributed by atoms with van der Waals surface area (Å²) in [4.78, 5) is 22.6. The molecule has 0 bridgehead atoms. The molecule has 1 rings (SSSR count). The number of benzene rings is 1. The molecular formula is C15H21FN2O5S. The van der Waals surface area contributed by atoms with Gasteiger partial charge in [0.05, 0.1) is 6.04 Å². The lowest BCUT2D eigenvalue weighted by Gasteiger charge is -2.20. The zero-order valence-corrected chi connectivity index (χ0v) is 14.4. The van der Waals surface area contributed by atoms with Crippen molar-refractivity contribution < 1.29 is 27.5 Å². The zero-order valence-electron chi connectivity index (χ0n) is 13.6. The van der Waals surface area contributed by atoms with Crippen LogP contribution in [0.5, 0.6) is 0 Å². The Morgan fingerprint density at radius 1 is 1.21 bits per heavy atom. The second-order valence-corrected chi connectivity index (χ2v) is 7.48. The Labute approximate surface area is 140 Å². The van der Waals surface area contributed by atoms with E-state index in [1.54, 1.807) is 13.8 Å². The zero-order chi connectivity index (χ0) is 18.5. The number of hydrogen-bond donors (Lipinski definition) is 3. The number of halogens is 1. The maximum absolute atomic E-state index is 13.6. The summed E-state index contributed by atoms with van der Waals surface area (Å²) in [6, 6.07) is 2.37. The van der Waals surface area contributed by atoms with Crippen molar-refractivity contribution in [1.82, 2.24) is 10.0 Å². The average Bonchev–Trinajstić information content (AvgIpc) is 2.45. The Balaban J connectivity index is 2.83. The van der Waals surface area contributed by atoms with Gasteiger partial charge in [-0.15, -0.1) is 0 Å². The number of carboxylic acids is 1. The molecule has 7 nitrogen and oxygen atoms in total. The van der Waals surface area contributed by atoms with Crippen molar-refractivity contribution in [2.24, 2.45) is 5.92 Å². The van der Waals surface area contributed by atoms with Crippen LogP contribution in [0.1, 0.15) is 27.2 Å². The van der Waals surface area contributed by atoms with Gasteiger partial charge in [0.15, 0.2) is 0 Å².